The van der Waals surface area contributed by atoms with Crippen molar-refractivity contribution in [3.63, 3.8) is 0 Å². The van der Waals surface area contributed by atoms with E-state index in [1.807, 2.05) is 0 Å². The molecule has 0 bridgehead atoms. The Labute approximate surface area is 157 Å². The molecule has 2 heterocycles. The van der Waals surface area contributed by atoms with Crippen LogP contribution in [0.4, 0.5) is 10.1 Å². The summed E-state index contributed by atoms with van der Waals surface area (Å²) < 4.78 is 13.2. The zero-order chi connectivity index (χ0) is 18.8. The molecule has 0 saturated carbocycles. The maximum absolute atomic E-state index is 13.2. The Hall–Kier alpha value is -2.73. The summed E-state index contributed by atoms with van der Waals surface area (Å²) in [6.07, 6.45) is 1.93. The summed E-state index contributed by atoms with van der Waals surface area (Å²) in [6, 6.07) is 12.2. The predicted octanol–water partition coefficient (Wildman–Crippen LogP) is 3.83. The summed E-state index contributed by atoms with van der Waals surface area (Å²) in [5, 5.41) is 2.76. The van der Waals surface area contributed by atoms with Gasteiger partial charge < -0.3 is 10.3 Å². The molecule has 5 nitrogen and oxygen atoms in total. The second-order valence-electron chi connectivity index (χ2n) is 7.25. The molecular weight excluding hydrogens is 343 g/mol. The number of aromatic nitrogens is 2. The van der Waals surface area contributed by atoms with E-state index in [-0.39, 0.29) is 11.7 Å². The summed E-state index contributed by atoms with van der Waals surface area (Å²) in [5.41, 5.74) is 3.80. The molecule has 0 aliphatic carbocycles. The molecule has 2 aromatic carbocycles. The molecule has 140 valence electrons. The number of halogens is 1. The van der Waals surface area contributed by atoms with E-state index in [9.17, 15) is 9.18 Å². The van der Waals surface area contributed by atoms with E-state index < -0.39 is 0 Å². The predicted molar refractivity (Wildman–Crippen MR) is 104 cm³/mol. The molecule has 0 unspecified atom stereocenters. The van der Waals surface area contributed by atoms with Crippen molar-refractivity contribution in [1.29, 1.82) is 0 Å². The van der Waals surface area contributed by atoms with Crippen LogP contribution in [-0.4, -0.2) is 40.4 Å². The van der Waals surface area contributed by atoms with E-state index in [0.717, 1.165) is 42.8 Å². The van der Waals surface area contributed by atoms with Crippen LogP contribution in [0.2, 0.25) is 0 Å². The fourth-order valence-corrected chi connectivity index (χ4v) is 3.67. The second-order valence-corrected chi connectivity index (χ2v) is 7.25. The van der Waals surface area contributed by atoms with E-state index in [4.69, 9.17) is 4.98 Å². The Kier molecular flexibility index (Phi) is 4.90. The fraction of sp³-hybridized carbons (Fsp3) is 0.333. The van der Waals surface area contributed by atoms with Crippen molar-refractivity contribution in [3.8, 4) is 0 Å². The minimum atomic E-state index is -0.352. The van der Waals surface area contributed by atoms with Gasteiger partial charge in [0.2, 0.25) is 5.91 Å². The smallest absolute Gasteiger partial charge is 0.238 e. The molecule has 1 aliphatic rings. The van der Waals surface area contributed by atoms with Crippen molar-refractivity contribution < 1.29 is 9.18 Å². The Morgan fingerprint density at radius 3 is 2.85 bits per heavy atom. The van der Waals surface area contributed by atoms with Gasteiger partial charge in [-0.25, -0.2) is 9.37 Å². The van der Waals surface area contributed by atoms with E-state index in [1.54, 1.807) is 12.1 Å². The number of nitrogens with one attached hydrogen (secondary N) is 2. The van der Waals surface area contributed by atoms with Crippen molar-refractivity contribution in [1.82, 2.24) is 14.9 Å². The number of nitrogens with zero attached hydrogens (tertiary/aromatic N) is 2. The molecule has 0 radical (unpaired) electrons. The van der Waals surface area contributed by atoms with Crippen LogP contribution in [0.3, 0.4) is 0 Å². The molecule has 0 spiro atoms. The first kappa shape index (κ1) is 17.7. The van der Waals surface area contributed by atoms with Gasteiger partial charge in [0.15, 0.2) is 0 Å². The maximum atomic E-state index is 13.2. The lowest BCUT2D eigenvalue weighted by atomic mass is 9.96. The molecule has 27 heavy (non-hydrogen) atoms. The van der Waals surface area contributed by atoms with Gasteiger partial charge in [0.1, 0.15) is 11.6 Å². The number of amides is 1. The number of hydrogen-bond donors (Lipinski definition) is 2. The Morgan fingerprint density at radius 1 is 1.26 bits per heavy atom. The number of likely N-dealkylation sites (tertiary alicyclic amines) is 1. The number of benzene rings is 2. The standard InChI is InChI=1S/C21H23FN4O/c1-14-5-6-18-19(11-14)25-21(24-18)15-7-9-26(10-8-15)13-20(27)23-17-4-2-3-16(22)12-17/h2-6,11-12,15H,7-10,13H2,1H3,(H,23,27)(H,24,25). The lowest BCUT2D eigenvalue weighted by molar-refractivity contribution is -0.117. The van der Waals surface area contributed by atoms with Crippen LogP contribution < -0.4 is 5.32 Å². The zero-order valence-electron chi connectivity index (χ0n) is 15.3. The third-order valence-corrected chi connectivity index (χ3v) is 5.11. The van der Waals surface area contributed by atoms with Crippen LogP contribution in [0.1, 0.15) is 30.1 Å². The quantitative estimate of drug-likeness (QED) is 0.738. The van der Waals surface area contributed by atoms with Crippen molar-refractivity contribution in [2.24, 2.45) is 0 Å². The lowest BCUT2D eigenvalue weighted by Crippen LogP contribution is -2.38. The van der Waals surface area contributed by atoms with E-state index in [2.05, 4.69) is 40.3 Å². The number of aryl methyl sites for hydroxylation is 1. The average molecular weight is 366 g/mol. The first-order valence-corrected chi connectivity index (χ1v) is 9.31. The highest BCUT2D eigenvalue weighted by atomic mass is 19.1. The van der Waals surface area contributed by atoms with Gasteiger partial charge in [-0.15, -0.1) is 0 Å². The van der Waals surface area contributed by atoms with Gasteiger partial charge in [0.05, 0.1) is 17.6 Å². The molecule has 1 aromatic heterocycles. The SMILES string of the molecule is Cc1ccc2nc(C3CCN(CC(=O)Nc4cccc(F)c4)CC3)[nH]c2c1. The van der Waals surface area contributed by atoms with Crippen molar-refractivity contribution >= 4 is 22.6 Å². The summed E-state index contributed by atoms with van der Waals surface area (Å²) in [4.78, 5) is 22.5. The van der Waals surface area contributed by atoms with Crippen molar-refractivity contribution in [2.75, 3.05) is 25.0 Å². The monoisotopic (exact) mass is 366 g/mol. The van der Waals surface area contributed by atoms with Gasteiger partial charge in [-0.05, 0) is 68.8 Å². The van der Waals surface area contributed by atoms with Crippen LogP contribution in [0.5, 0.6) is 0 Å². The fourth-order valence-electron chi connectivity index (χ4n) is 3.67. The minimum absolute atomic E-state index is 0.113. The zero-order valence-corrected chi connectivity index (χ0v) is 15.3. The number of carbonyl (C=O) groups excluding carboxylic acids is 1. The molecule has 6 heteroatoms. The van der Waals surface area contributed by atoms with Crippen molar-refractivity contribution in [2.45, 2.75) is 25.7 Å². The molecule has 4 rings (SSSR count). The Balaban J connectivity index is 1.32. The highest BCUT2D eigenvalue weighted by Crippen LogP contribution is 2.28. The number of anilines is 1. The number of aromatic amines is 1. The number of H-pyrrole nitrogens is 1. The average Bonchev–Trinajstić information content (AvgIpc) is 3.05. The number of imidazole rings is 1. The first-order valence-electron chi connectivity index (χ1n) is 9.31. The van der Waals surface area contributed by atoms with Gasteiger partial charge >= 0.3 is 0 Å². The Morgan fingerprint density at radius 2 is 2.07 bits per heavy atom. The molecule has 2 N–H and O–H groups in total. The van der Waals surface area contributed by atoms with E-state index in [0.29, 0.717) is 18.2 Å². The number of fused-ring (bicyclic) bond motifs is 1. The normalized spacial score (nSPS) is 15.9. The second kappa shape index (κ2) is 7.48. The highest BCUT2D eigenvalue weighted by molar-refractivity contribution is 5.92. The van der Waals surface area contributed by atoms with Gasteiger partial charge in [-0.3, -0.25) is 9.69 Å². The Bertz CT molecular complexity index is 960. The van der Waals surface area contributed by atoms with E-state index >= 15 is 0 Å². The largest absolute Gasteiger partial charge is 0.342 e. The summed E-state index contributed by atoms with van der Waals surface area (Å²) in [5.74, 6) is 0.965. The van der Waals surface area contributed by atoms with Gasteiger partial charge in [0.25, 0.3) is 0 Å². The number of carbonyl (C=O) groups is 1. The van der Waals surface area contributed by atoms with Crippen LogP contribution in [0, 0.1) is 12.7 Å². The maximum Gasteiger partial charge on any atom is 0.238 e. The molecule has 3 aromatic rings. The molecular formula is C21H23FN4O. The number of piperidine rings is 1. The third-order valence-electron chi connectivity index (χ3n) is 5.11. The van der Waals surface area contributed by atoms with E-state index in [1.165, 1.54) is 17.7 Å². The minimum Gasteiger partial charge on any atom is -0.342 e. The van der Waals surface area contributed by atoms with Gasteiger partial charge in [-0.1, -0.05) is 12.1 Å². The van der Waals surface area contributed by atoms with Gasteiger partial charge in [-0.2, -0.15) is 0 Å². The summed E-state index contributed by atoms with van der Waals surface area (Å²) in [6.45, 7) is 4.09. The topological polar surface area (TPSA) is 61.0 Å². The van der Waals surface area contributed by atoms with Crippen LogP contribution in [0.15, 0.2) is 42.5 Å². The highest BCUT2D eigenvalue weighted by Gasteiger charge is 2.24. The van der Waals surface area contributed by atoms with Crippen LogP contribution in [-0.2, 0) is 4.79 Å². The van der Waals surface area contributed by atoms with Gasteiger partial charge in [0, 0.05) is 11.6 Å². The molecule has 1 amide bonds. The molecule has 0 atom stereocenters. The first-order chi connectivity index (χ1) is 13.1. The molecule has 1 aliphatic heterocycles. The molecule has 1 saturated heterocycles. The number of rotatable bonds is 4. The van der Waals surface area contributed by atoms with Crippen molar-refractivity contribution in [3.05, 3.63) is 59.7 Å². The number of hydrogen-bond acceptors (Lipinski definition) is 3. The lowest BCUT2D eigenvalue weighted by Gasteiger charge is -2.30. The molecule has 1 fully saturated rings. The van der Waals surface area contributed by atoms with Crippen LogP contribution >= 0.6 is 0 Å². The summed E-state index contributed by atoms with van der Waals surface area (Å²) in [7, 11) is 0. The van der Waals surface area contributed by atoms with Crippen LogP contribution in [0.25, 0.3) is 11.0 Å². The third kappa shape index (κ3) is 4.17. The summed E-state index contributed by atoms with van der Waals surface area (Å²) >= 11 is 0.